The highest BCUT2D eigenvalue weighted by molar-refractivity contribution is 6.09. The summed E-state index contributed by atoms with van der Waals surface area (Å²) in [5.74, 6) is 1.74. The average molecular weight is 860 g/mol. The molecule has 4 aromatic heterocycles. The van der Waals surface area contributed by atoms with E-state index in [1.807, 2.05) is 121 Å². The fourth-order valence-electron chi connectivity index (χ4n) is 8.74. The summed E-state index contributed by atoms with van der Waals surface area (Å²) in [5, 5.41) is 2.10. The topological polar surface area (TPSA) is 48.8 Å². The molecule has 0 saturated carbocycles. The van der Waals surface area contributed by atoms with E-state index in [1.54, 1.807) is 21.5 Å². The number of benzene rings is 6. The summed E-state index contributed by atoms with van der Waals surface area (Å²) in [6.45, 7) is 18.3. The van der Waals surface area contributed by atoms with Gasteiger partial charge in [0.25, 0.3) is 6.33 Å². The SMILES string of the molecule is [2H]c1c([2H])c([2H])c(-c2c(C(C)(C)C)cc(C(C)(C)C)c(-c3c([2H])c([2H])c([2H])c([2H])c3[2H])c2-[n+]2[c-]n(-c3cncc(Oc4ccc5c6ccccc6n(-c6cc(C(C)(C)C)ccn6)c5c4)c3)c3ccccc32)c([2H])c1[2H]. The van der Waals surface area contributed by atoms with Gasteiger partial charge in [-0.15, -0.1) is 0 Å². The van der Waals surface area contributed by atoms with Crippen molar-refractivity contribution in [2.24, 2.45) is 0 Å². The molecule has 6 nitrogen and oxygen atoms in total. The van der Waals surface area contributed by atoms with E-state index >= 15 is 0 Å². The lowest BCUT2D eigenvalue weighted by Crippen LogP contribution is -2.34. The summed E-state index contributed by atoms with van der Waals surface area (Å²) in [6, 6.07) is 24.3. The van der Waals surface area contributed by atoms with Gasteiger partial charge in [0.1, 0.15) is 17.3 Å². The molecular weight excluding hydrogens is 795 g/mol. The van der Waals surface area contributed by atoms with Crippen LogP contribution in [0.15, 0.2) is 170 Å². The zero-order valence-electron chi connectivity index (χ0n) is 48.0. The molecule has 0 radical (unpaired) electrons. The highest BCUT2D eigenvalue weighted by Crippen LogP contribution is 2.46. The van der Waals surface area contributed by atoms with Crippen LogP contribution in [0.2, 0.25) is 0 Å². The lowest BCUT2D eigenvalue weighted by atomic mass is 9.73. The Labute approximate surface area is 396 Å². The molecule has 10 aromatic rings. The molecule has 0 saturated heterocycles. The summed E-state index contributed by atoms with van der Waals surface area (Å²) in [5.41, 5.74) is 4.75. The van der Waals surface area contributed by atoms with Crippen molar-refractivity contribution in [1.29, 1.82) is 0 Å². The van der Waals surface area contributed by atoms with Crippen LogP contribution < -0.4 is 9.30 Å². The van der Waals surface area contributed by atoms with Crippen molar-refractivity contribution in [2.45, 2.75) is 78.6 Å². The molecule has 322 valence electrons. The van der Waals surface area contributed by atoms with Crippen molar-refractivity contribution in [3.63, 3.8) is 0 Å². The molecule has 0 amide bonds. The van der Waals surface area contributed by atoms with Crippen LogP contribution in [0, 0.1) is 6.33 Å². The summed E-state index contributed by atoms with van der Waals surface area (Å²) in [6.07, 6.45) is 8.67. The van der Waals surface area contributed by atoms with E-state index in [4.69, 9.17) is 17.9 Å². The van der Waals surface area contributed by atoms with Gasteiger partial charge in [0.05, 0.1) is 53.3 Å². The summed E-state index contributed by atoms with van der Waals surface area (Å²) in [7, 11) is 0. The third kappa shape index (κ3) is 7.57. The van der Waals surface area contributed by atoms with Gasteiger partial charge < -0.3 is 4.74 Å². The minimum Gasteiger partial charge on any atom is -0.456 e. The lowest BCUT2D eigenvalue weighted by Gasteiger charge is -2.33. The van der Waals surface area contributed by atoms with Gasteiger partial charge in [0.15, 0.2) is 0 Å². The van der Waals surface area contributed by atoms with Crippen LogP contribution in [0.4, 0.5) is 0 Å². The van der Waals surface area contributed by atoms with Crippen molar-refractivity contribution in [2.75, 3.05) is 0 Å². The number of hydrogen-bond donors (Lipinski definition) is 0. The summed E-state index contributed by atoms with van der Waals surface area (Å²) < 4.78 is 103. The molecule has 6 aromatic carbocycles. The highest BCUT2D eigenvalue weighted by Gasteiger charge is 2.32. The molecule has 0 fully saturated rings. The zero-order chi connectivity index (χ0) is 54.0. The second-order valence-corrected chi connectivity index (χ2v) is 19.5. The number of nitrogens with zero attached hydrogens (tertiary/aromatic N) is 5. The second-order valence-electron chi connectivity index (χ2n) is 19.5. The van der Waals surface area contributed by atoms with Gasteiger partial charge in [-0.3, -0.25) is 18.7 Å². The van der Waals surface area contributed by atoms with Crippen molar-refractivity contribution in [3.05, 3.63) is 193 Å². The third-order valence-electron chi connectivity index (χ3n) is 11.9. The Bertz CT molecular complexity index is 3840. The predicted molar refractivity (Wildman–Crippen MR) is 267 cm³/mol. The van der Waals surface area contributed by atoms with E-state index < -0.39 is 71.3 Å². The first-order valence-electron chi connectivity index (χ1n) is 26.7. The molecule has 0 spiro atoms. The number of ether oxygens (including phenoxy) is 1. The Morgan fingerprint density at radius 2 is 1.20 bits per heavy atom. The van der Waals surface area contributed by atoms with Gasteiger partial charge in [-0.2, -0.15) is 0 Å². The minimum absolute atomic E-state index is 0.102. The number of hydrogen-bond acceptors (Lipinski definition) is 3. The van der Waals surface area contributed by atoms with Crippen molar-refractivity contribution >= 4 is 32.8 Å². The Balaban J connectivity index is 1.24. The number of pyridine rings is 2. The van der Waals surface area contributed by atoms with Gasteiger partial charge in [-0.05, 0) is 91.6 Å². The maximum atomic E-state index is 9.46. The van der Waals surface area contributed by atoms with Gasteiger partial charge in [0, 0.05) is 29.2 Å². The third-order valence-corrected chi connectivity index (χ3v) is 11.9. The van der Waals surface area contributed by atoms with Gasteiger partial charge >= 0.3 is 0 Å². The van der Waals surface area contributed by atoms with Crippen LogP contribution in [0.25, 0.3) is 72.3 Å². The fourth-order valence-corrected chi connectivity index (χ4v) is 8.74. The van der Waals surface area contributed by atoms with Gasteiger partial charge in [0.2, 0.25) is 0 Å². The van der Waals surface area contributed by atoms with Crippen LogP contribution in [-0.2, 0) is 16.2 Å². The maximum absolute atomic E-state index is 9.46. The van der Waals surface area contributed by atoms with E-state index in [1.165, 1.54) is 0 Å². The van der Waals surface area contributed by atoms with Crippen LogP contribution in [0.1, 0.15) is 92.7 Å². The predicted octanol–water partition coefficient (Wildman–Crippen LogP) is 14.6. The van der Waals surface area contributed by atoms with Crippen LogP contribution in [0.3, 0.4) is 0 Å². The number of aromatic nitrogens is 5. The van der Waals surface area contributed by atoms with Crippen LogP contribution >= 0.6 is 0 Å². The van der Waals surface area contributed by atoms with Crippen molar-refractivity contribution < 1.29 is 23.0 Å². The number of rotatable bonds is 7. The molecule has 0 N–H and O–H groups in total. The van der Waals surface area contributed by atoms with E-state index in [0.29, 0.717) is 39.3 Å². The zero-order valence-corrected chi connectivity index (χ0v) is 38.0. The smallest absolute Gasteiger partial charge is 0.269 e. The van der Waals surface area contributed by atoms with Crippen LogP contribution in [-0.4, -0.2) is 19.1 Å². The van der Waals surface area contributed by atoms with Crippen LogP contribution in [0.5, 0.6) is 11.5 Å². The Hall–Kier alpha value is -7.31. The largest absolute Gasteiger partial charge is 0.456 e. The summed E-state index contributed by atoms with van der Waals surface area (Å²) in [4.78, 5) is 9.50. The number of fused-ring (bicyclic) bond motifs is 4. The highest BCUT2D eigenvalue weighted by atomic mass is 16.5. The average Bonchev–Trinajstić information content (AvgIpc) is 3.92. The molecule has 65 heavy (non-hydrogen) atoms. The van der Waals surface area contributed by atoms with E-state index in [-0.39, 0.29) is 33.4 Å². The first kappa shape index (κ1) is 31.5. The summed E-state index contributed by atoms with van der Waals surface area (Å²) >= 11 is 0. The standard InChI is InChI=1S/C59H55N5O/c1-57(2,3)41-30-31-61-53(32-41)64-49-25-17-16-24-45(49)46-29-28-43(34-52(46)64)65-44-33-42(36-60-37-44)62-38-63(51-27-19-18-26-50(51)62)56-54(39-20-12-10-13-21-39)47(58(4,5)6)35-48(59(7,8)9)55(56)40-22-14-11-15-23-40/h10-37H,1-9H3/i10D,11D,12D,13D,14D,15D,20D,21D,22D,23D. The second kappa shape index (κ2) is 15.7. The maximum Gasteiger partial charge on any atom is 0.269 e. The lowest BCUT2D eigenvalue weighted by molar-refractivity contribution is -0.571. The number of imidazole rings is 1. The molecule has 0 atom stereocenters. The Morgan fingerprint density at radius 3 is 1.85 bits per heavy atom. The first-order chi connectivity index (χ1) is 35.3. The first-order valence-corrected chi connectivity index (χ1v) is 21.7. The van der Waals surface area contributed by atoms with Crippen molar-refractivity contribution in [3.8, 4) is 50.9 Å². The fraction of sp³-hybridized carbons (Fsp3) is 0.203. The van der Waals surface area contributed by atoms with E-state index in [2.05, 4.69) is 54.8 Å². The quantitative estimate of drug-likeness (QED) is 0.118. The monoisotopic (exact) mass is 860 g/mol. The van der Waals surface area contributed by atoms with Crippen molar-refractivity contribution in [1.82, 2.24) is 19.1 Å². The molecule has 10 rings (SSSR count). The normalized spacial score (nSPS) is 14.5. The molecule has 0 aliphatic heterocycles. The minimum atomic E-state index is -0.760. The molecule has 6 heteroatoms. The molecule has 0 unspecified atom stereocenters. The van der Waals surface area contributed by atoms with Gasteiger partial charge in [-0.1, -0.05) is 171 Å². The molecule has 0 aliphatic carbocycles. The Kier molecular flexibility index (Phi) is 7.63. The number of para-hydroxylation sites is 3. The van der Waals surface area contributed by atoms with E-state index in [9.17, 15) is 5.48 Å². The Morgan fingerprint density at radius 1 is 0.585 bits per heavy atom. The van der Waals surface area contributed by atoms with E-state index in [0.717, 1.165) is 33.2 Å². The molecule has 0 bridgehead atoms. The molecule has 4 heterocycles. The molecular formula is C59H55N5O. The molecule has 0 aliphatic rings. The van der Waals surface area contributed by atoms with Gasteiger partial charge in [-0.25, -0.2) is 4.98 Å².